The Morgan fingerprint density at radius 3 is 2.87 bits per heavy atom. The van der Waals surface area contributed by atoms with Crippen LogP contribution in [0.2, 0.25) is 0 Å². The van der Waals surface area contributed by atoms with Gasteiger partial charge in [0.05, 0.1) is 4.88 Å². The maximum Gasteiger partial charge on any atom is 0.264 e. The standard InChI is InChI=1S/C17H21FN2OS.ClH/c1-3-9-20(12-7-8-19-10-12)17(21)16-11(2)15-13(18)5-4-6-14(15)22-16;/h4-6,12,19H,3,7-10H2,1-2H3;1H. The minimum Gasteiger partial charge on any atom is -0.334 e. The summed E-state index contributed by atoms with van der Waals surface area (Å²) < 4.78 is 14.9. The number of rotatable bonds is 4. The first-order chi connectivity index (χ1) is 10.6. The Labute approximate surface area is 146 Å². The van der Waals surface area contributed by atoms with Gasteiger partial charge in [0.25, 0.3) is 5.91 Å². The fourth-order valence-electron chi connectivity index (χ4n) is 3.18. The van der Waals surface area contributed by atoms with Gasteiger partial charge in [-0.2, -0.15) is 0 Å². The molecule has 0 saturated carbocycles. The molecule has 3 nitrogen and oxygen atoms in total. The Kier molecular flexibility index (Phi) is 6.00. The van der Waals surface area contributed by atoms with Crippen LogP contribution in [0.15, 0.2) is 18.2 Å². The Morgan fingerprint density at radius 1 is 1.48 bits per heavy atom. The fourth-order valence-corrected chi connectivity index (χ4v) is 4.36. The number of hydrogen-bond donors (Lipinski definition) is 1. The summed E-state index contributed by atoms with van der Waals surface area (Å²) in [5.74, 6) is -0.191. The summed E-state index contributed by atoms with van der Waals surface area (Å²) in [5.41, 5.74) is 0.773. The van der Waals surface area contributed by atoms with Gasteiger partial charge in [-0.25, -0.2) is 4.39 Å². The molecule has 0 radical (unpaired) electrons. The van der Waals surface area contributed by atoms with E-state index in [0.717, 1.165) is 42.7 Å². The average Bonchev–Trinajstić information content (AvgIpc) is 3.13. The van der Waals surface area contributed by atoms with Gasteiger partial charge in [-0.05, 0) is 44.0 Å². The number of aryl methyl sites for hydroxylation is 1. The van der Waals surface area contributed by atoms with E-state index in [1.165, 1.54) is 17.4 Å². The third-order valence-corrected chi connectivity index (χ3v) is 5.54. The highest BCUT2D eigenvalue weighted by Gasteiger charge is 2.29. The minimum absolute atomic E-state index is 0. The van der Waals surface area contributed by atoms with E-state index in [2.05, 4.69) is 12.2 Å². The van der Waals surface area contributed by atoms with Gasteiger partial charge in [-0.3, -0.25) is 4.79 Å². The lowest BCUT2D eigenvalue weighted by Gasteiger charge is -2.28. The molecule has 2 aromatic rings. The molecule has 1 atom stereocenters. The van der Waals surface area contributed by atoms with Crippen LogP contribution in [-0.4, -0.2) is 36.5 Å². The largest absolute Gasteiger partial charge is 0.334 e. The third kappa shape index (κ3) is 3.37. The maximum atomic E-state index is 14.0. The maximum absolute atomic E-state index is 14.0. The number of carbonyl (C=O) groups excluding carboxylic acids is 1. The van der Waals surface area contributed by atoms with Crippen molar-refractivity contribution < 1.29 is 9.18 Å². The molecular weight excluding hydrogens is 335 g/mol. The Balaban J connectivity index is 0.00000192. The number of amides is 1. The highest BCUT2D eigenvalue weighted by molar-refractivity contribution is 7.21. The highest BCUT2D eigenvalue weighted by Crippen LogP contribution is 2.33. The summed E-state index contributed by atoms with van der Waals surface area (Å²) in [7, 11) is 0. The van der Waals surface area contributed by atoms with Crippen molar-refractivity contribution >= 4 is 39.7 Å². The van der Waals surface area contributed by atoms with Crippen LogP contribution in [0, 0.1) is 12.7 Å². The van der Waals surface area contributed by atoms with E-state index in [1.54, 1.807) is 6.07 Å². The van der Waals surface area contributed by atoms with Crippen molar-refractivity contribution in [1.29, 1.82) is 0 Å². The molecule has 126 valence electrons. The summed E-state index contributed by atoms with van der Waals surface area (Å²) in [4.78, 5) is 15.7. The lowest BCUT2D eigenvalue weighted by Crippen LogP contribution is -2.42. The van der Waals surface area contributed by atoms with Crippen LogP contribution < -0.4 is 5.32 Å². The van der Waals surface area contributed by atoms with Crippen molar-refractivity contribution in [2.45, 2.75) is 32.7 Å². The monoisotopic (exact) mass is 356 g/mol. The smallest absolute Gasteiger partial charge is 0.264 e. The second-order valence-corrected chi connectivity index (χ2v) is 6.87. The zero-order valence-electron chi connectivity index (χ0n) is 13.4. The minimum atomic E-state index is -0.241. The normalized spacial score (nSPS) is 17.3. The average molecular weight is 357 g/mol. The van der Waals surface area contributed by atoms with E-state index in [-0.39, 0.29) is 30.2 Å². The van der Waals surface area contributed by atoms with Crippen molar-refractivity contribution in [2.75, 3.05) is 19.6 Å². The Morgan fingerprint density at radius 2 is 2.26 bits per heavy atom. The van der Waals surface area contributed by atoms with Gasteiger partial charge in [0, 0.05) is 29.2 Å². The van der Waals surface area contributed by atoms with Crippen LogP contribution in [0.3, 0.4) is 0 Å². The molecule has 2 heterocycles. The number of nitrogens with one attached hydrogen (secondary N) is 1. The lowest BCUT2D eigenvalue weighted by atomic mass is 10.1. The van der Waals surface area contributed by atoms with Crippen LogP contribution in [-0.2, 0) is 0 Å². The summed E-state index contributed by atoms with van der Waals surface area (Å²) >= 11 is 1.41. The summed E-state index contributed by atoms with van der Waals surface area (Å²) in [6.07, 6.45) is 1.92. The zero-order chi connectivity index (χ0) is 15.7. The van der Waals surface area contributed by atoms with Crippen LogP contribution in [0.4, 0.5) is 4.39 Å². The fraction of sp³-hybridized carbons (Fsp3) is 0.471. The summed E-state index contributed by atoms with van der Waals surface area (Å²) in [6.45, 7) is 6.50. The molecule has 1 N–H and O–H groups in total. The second kappa shape index (κ2) is 7.60. The van der Waals surface area contributed by atoms with Gasteiger partial charge in [0.15, 0.2) is 0 Å². The van der Waals surface area contributed by atoms with Crippen LogP contribution in [0.5, 0.6) is 0 Å². The molecule has 1 saturated heterocycles. The molecule has 1 aliphatic heterocycles. The molecule has 3 rings (SSSR count). The van der Waals surface area contributed by atoms with Crippen LogP contribution in [0.25, 0.3) is 10.1 Å². The van der Waals surface area contributed by atoms with Crippen molar-refractivity contribution in [3.05, 3.63) is 34.5 Å². The van der Waals surface area contributed by atoms with Crippen molar-refractivity contribution in [3.63, 3.8) is 0 Å². The van der Waals surface area contributed by atoms with Crippen molar-refractivity contribution in [3.8, 4) is 0 Å². The molecule has 23 heavy (non-hydrogen) atoms. The number of hydrogen-bond acceptors (Lipinski definition) is 3. The van der Waals surface area contributed by atoms with Gasteiger partial charge in [0.2, 0.25) is 0 Å². The van der Waals surface area contributed by atoms with Crippen molar-refractivity contribution in [2.24, 2.45) is 0 Å². The van der Waals surface area contributed by atoms with E-state index in [9.17, 15) is 9.18 Å². The Hall–Kier alpha value is -1.17. The van der Waals surface area contributed by atoms with Gasteiger partial charge >= 0.3 is 0 Å². The highest BCUT2D eigenvalue weighted by atomic mass is 35.5. The molecule has 1 aromatic carbocycles. The van der Waals surface area contributed by atoms with Gasteiger partial charge < -0.3 is 10.2 Å². The van der Waals surface area contributed by atoms with Crippen molar-refractivity contribution in [1.82, 2.24) is 10.2 Å². The number of benzene rings is 1. The number of carbonyl (C=O) groups is 1. The second-order valence-electron chi connectivity index (χ2n) is 5.81. The number of thiophene rings is 1. The molecule has 0 spiro atoms. The summed E-state index contributed by atoms with van der Waals surface area (Å²) in [6, 6.07) is 5.30. The first-order valence-electron chi connectivity index (χ1n) is 7.82. The van der Waals surface area contributed by atoms with Crippen LogP contribution >= 0.6 is 23.7 Å². The van der Waals surface area contributed by atoms with Gasteiger partial charge in [0.1, 0.15) is 5.82 Å². The lowest BCUT2D eigenvalue weighted by molar-refractivity contribution is 0.0696. The molecule has 0 aliphatic carbocycles. The predicted octanol–water partition coefficient (Wildman–Crippen LogP) is 3.98. The molecular formula is C17H22ClFN2OS. The van der Waals surface area contributed by atoms with Gasteiger partial charge in [-0.15, -0.1) is 23.7 Å². The number of fused-ring (bicyclic) bond motifs is 1. The van der Waals surface area contributed by atoms with E-state index in [4.69, 9.17) is 0 Å². The molecule has 1 aromatic heterocycles. The third-order valence-electron chi connectivity index (χ3n) is 4.30. The summed E-state index contributed by atoms with van der Waals surface area (Å²) in [5, 5.41) is 3.91. The quantitative estimate of drug-likeness (QED) is 0.898. The molecule has 1 aliphatic rings. The van der Waals surface area contributed by atoms with E-state index in [0.29, 0.717) is 10.3 Å². The molecule has 6 heteroatoms. The first kappa shape index (κ1) is 18.2. The molecule has 1 unspecified atom stereocenters. The number of nitrogens with zero attached hydrogens (tertiary/aromatic N) is 1. The van der Waals surface area contributed by atoms with E-state index >= 15 is 0 Å². The molecule has 1 fully saturated rings. The van der Waals surface area contributed by atoms with Gasteiger partial charge in [-0.1, -0.05) is 13.0 Å². The number of halogens is 2. The topological polar surface area (TPSA) is 32.3 Å². The first-order valence-corrected chi connectivity index (χ1v) is 8.64. The van der Waals surface area contributed by atoms with E-state index in [1.807, 2.05) is 17.9 Å². The van der Waals surface area contributed by atoms with Crippen LogP contribution in [0.1, 0.15) is 35.0 Å². The predicted molar refractivity (Wildman–Crippen MR) is 96.4 cm³/mol. The Bertz CT molecular complexity index is 697. The molecule has 1 amide bonds. The SMILES string of the molecule is CCCN(C(=O)c1sc2cccc(F)c2c1C)C1CCNC1.Cl. The van der Waals surface area contributed by atoms with E-state index < -0.39 is 0 Å². The molecule has 0 bridgehead atoms. The zero-order valence-corrected chi connectivity index (χ0v) is 15.0.